The van der Waals surface area contributed by atoms with Crippen molar-refractivity contribution >= 4 is 23.2 Å². The van der Waals surface area contributed by atoms with Crippen molar-refractivity contribution in [1.82, 2.24) is 4.90 Å². The summed E-state index contributed by atoms with van der Waals surface area (Å²) in [7, 11) is 0. The normalized spacial score (nSPS) is 23.0. The Morgan fingerprint density at radius 2 is 2.30 bits per heavy atom. The number of halogens is 1. The van der Waals surface area contributed by atoms with Crippen molar-refractivity contribution in [2.45, 2.75) is 26.3 Å². The zero-order valence-electron chi connectivity index (χ0n) is 11.9. The summed E-state index contributed by atoms with van der Waals surface area (Å²) in [6, 6.07) is 5.56. The molecule has 0 aliphatic carbocycles. The highest BCUT2D eigenvalue weighted by Gasteiger charge is 2.31. The summed E-state index contributed by atoms with van der Waals surface area (Å²) < 4.78 is 0. The van der Waals surface area contributed by atoms with Gasteiger partial charge < -0.3 is 10.4 Å². The van der Waals surface area contributed by atoms with Crippen molar-refractivity contribution in [3.63, 3.8) is 0 Å². The molecule has 0 radical (unpaired) electrons. The lowest BCUT2D eigenvalue weighted by Crippen LogP contribution is -2.40. The largest absolute Gasteiger partial charge is 0.395 e. The van der Waals surface area contributed by atoms with Gasteiger partial charge in [0.05, 0.1) is 13.2 Å². The molecule has 4 nitrogen and oxygen atoms in total. The van der Waals surface area contributed by atoms with Crippen molar-refractivity contribution < 1.29 is 9.90 Å². The maximum Gasteiger partial charge on any atom is 0.238 e. The van der Waals surface area contributed by atoms with Crippen LogP contribution in [-0.2, 0) is 4.79 Å². The van der Waals surface area contributed by atoms with E-state index < -0.39 is 0 Å². The lowest BCUT2D eigenvalue weighted by Gasteiger charge is -2.24. The molecule has 1 aliphatic heterocycles. The molecular formula is C15H21ClN2O2. The predicted octanol–water partition coefficient (Wildman–Crippen LogP) is 2.29. The molecule has 2 N–H and O–H groups in total. The van der Waals surface area contributed by atoms with Gasteiger partial charge in [0, 0.05) is 16.8 Å². The van der Waals surface area contributed by atoms with E-state index in [1.807, 2.05) is 24.0 Å². The number of carbonyl (C=O) groups is 1. The van der Waals surface area contributed by atoms with Gasteiger partial charge in [0.2, 0.25) is 5.91 Å². The van der Waals surface area contributed by atoms with Crippen LogP contribution in [0.4, 0.5) is 5.69 Å². The molecule has 1 saturated heterocycles. The smallest absolute Gasteiger partial charge is 0.238 e. The van der Waals surface area contributed by atoms with Gasteiger partial charge in [-0.05, 0) is 43.5 Å². The Morgan fingerprint density at radius 3 is 2.95 bits per heavy atom. The first kappa shape index (κ1) is 15.3. The van der Waals surface area contributed by atoms with Crippen LogP contribution in [0.15, 0.2) is 18.2 Å². The average molecular weight is 297 g/mol. The van der Waals surface area contributed by atoms with E-state index >= 15 is 0 Å². The Hall–Kier alpha value is -1.10. The minimum Gasteiger partial charge on any atom is -0.395 e. The first-order valence-corrected chi connectivity index (χ1v) is 7.30. The molecule has 110 valence electrons. The fourth-order valence-electron chi connectivity index (χ4n) is 2.63. The van der Waals surface area contributed by atoms with Crippen LogP contribution >= 0.6 is 11.6 Å². The average Bonchev–Trinajstić information content (AvgIpc) is 2.74. The third-order valence-corrected chi connectivity index (χ3v) is 4.39. The van der Waals surface area contributed by atoms with E-state index in [0.29, 0.717) is 23.2 Å². The molecule has 1 aromatic carbocycles. The van der Waals surface area contributed by atoms with E-state index in [9.17, 15) is 9.90 Å². The summed E-state index contributed by atoms with van der Waals surface area (Å²) in [6.07, 6.45) is 1.02. The van der Waals surface area contributed by atoms with E-state index in [1.165, 1.54) is 0 Å². The number of hydrogen-bond acceptors (Lipinski definition) is 3. The number of anilines is 1. The molecule has 2 unspecified atom stereocenters. The van der Waals surface area contributed by atoms with Crippen molar-refractivity contribution in [3.05, 3.63) is 28.8 Å². The minimum absolute atomic E-state index is 0.0718. The van der Waals surface area contributed by atoms with Crippen molar-refractivity contribution in [2.75, 3.05) is 25.0 Å². The molecule has 1 amide bonds. The zero-order valence-corrected chi connectivity index (χ0v) is 12.7. The number of hydrogen-bond donors (Lipinski definition) is 2. The molecule has 2 atom stereocenters. The molecule has 1 aliphatic rings. The third kappa shape index (κ3) is 3.51. The number of aliphatic hydroxyl groups is 1. The van der Waals surface area contributed by atoms with E-state index in [4.69, 9.17) is 11.6 Å². The van der Waals surface area contributed by atoms with Gasteiger partial charge in [-0.15, -0.1) is 0 Å². The van der Waals surface area contributed by atoms with Gasteiger partial charge in [-0.2, -0.15) is 0 Å². The third-order valence-electron chi connectivity index (χ3n) is 3.99. The van der Waals surface area contributed by atoms with Gasteiger partial charge in [0.15, 0.2) is 0 Å². The van der Waals surface area contributed by atoms with E-state index in [-0.39, 0.29) is 18.6 Å². The number of aliphatic hydroxyl groups excluding tert-OH is 1. The summed E-state index contributed by atoms with van der Waals surface area (Å²) in [5.41, 5.74) is 1.69. The number of rotatable bonds is 4. The Kier molecular flexibility index (Phi) is 5.02. The van der Waals surface area contributed by atoms with Crippen LogP contribution in [0.5, 0.6) is 0 Å². The lowest BCUT2D eigenvalue weighted by atomic mass is 10.0. The number of nitrogens with one attached hydrogen (secondary N) is 1. The summed E-state index contributed by atoms with van der Waals surface area (Å²) in [5, 5.41) is 12.9. The Morgan fingerprint density at radius 1 is 1.55 bits per heavy atom. The van der Waals surface area contributed by atoms with Crippen LogP contribution in [-0.4, -0.2) is 41.7 Å². The second-order valence-electron chi connectivity index (χ2n) is 5.50. The highest BCUT2D eigenvalue weighted by Crippen LogP contribution is 2.23. The standard InChI is InChI=1S/C15H21ClN2O2/c1-10-3-4-12(7-13(10)16)17-15(20)8-18-6-5-11(2)14(18)9-19/h3-4,7,11,14,19H,5-6,8-9H2,1-2H3,(H,17,20). The number of amides is 1. The Balaban J connectivity index is 1.94. The van der Waals surface area contributed by atoms with E-state index in [0.717, 1.165) is 18.5 Å². The summed E-state index contributed by atoms with van der Waals surface area (Å²) in [5.74, 6) is 0.360. The van der Waals surface area contributed by atoms with Gasteiger partial charge in [-0.25, -0.2) is 0 Å². The van der Waals surface area contributed by atoms with Gasteiger partial charge in [0.25, 0.3) is 0 Å². The van der Waals surface area contributed by atoms with Gasteiger partial charge in [-0.3, -0.25) is 9.69 Å². The molecule has 5 heteroatoms. The second-order valence-corrected chi connectivity index (χ2v) is 5.91. The number of nitrogens with zero attached hydrogens (tertiary/aromatic N) is 1. The first-order valence-electron chi connectivity index (χ1n) is 6.92. The first-order chi connectivity index (χ1) is 9.51. The van der Waals surface area contributed by atoms with Gasteiger partial charge in [0.1, 0.15) is 0 Å². The number of aryl methyl sites for hydroxylation is 1. The van der Waals surface area contributed by atoms with Crippen LogP contribution < -0.4 is 5.32 Å². The van der Waals surface area contributed by atoms with Gasteiger partial charge in [-0.1, -0.05) is 24.6 Å². The molecule has 0 bridgehead atoms. The van der Waals surface area contributed by atoms with Crippen LogP contribution in [0.25, 0.3) is 0 Å². The molecule has 0 spiro atoms. The highest BCUT2D eigenvalue weighted by molar-refractivity contribution is 6.31. The molecule has 20 heavy (non-hydrogen) atoms. The number of likely N-dealkylation sites (tertiary alicyclic amines) is 1. The molecule has 1 aromatic rings. The van der Waals surface area contributed by atoms with Crippen LogP contribution in [0.1, 0.15) is 18.9 Å². The quantitative estimate of drug-likeness (QED) is 0.896. The lowest BCUT2D eigenvalue weighted by molar-refractivity contribution is -0.117. The minimum atomic E-state index is -0.0718. The number of carbonyl (C=O) groups excluding carboxylic acids is 1. The molecule has 0 aromatic heterocycles. The summed E-state index contributed by atoms with van der Waals surface area (Å²) in [4.78, 5) is 14.1. The van der Waals surface area contributed by atoms with Crippen LogP contribution in [0, 0.1) is 12.8 Å². The molecule has 2 rings (SSSR count). The maximum atomic E-state index is 12.1. The van der Waals surface area contributed by atoms with Crippen LogP contribution in [0.3, 0.4) is 0 Å². The van der Waals surface area contributed by atoms with Crippen LogP contribution in [0.2, 0.25) is 5.02 Å². The monoisotopic (exact) mass is 296 g/mol. The second kappa shape index (κ2) is 6.57. The summed E-state index contributed by atoms with van der Waals surface area (Å²) >= 11 is 6.04. The molecule has 1 heterocycles. The van der Waals surface area contributed by atoms with Gasteiger partial charge >= 0.3 is 0 Å². The fourth-order valence-corrected chi connectivity index (χ4v) is 2.82. The maximum absolute atomic E-state index is 12.1. The summed E-state index contributed by atoms with van der Waals surface area (Å²) in [6.45, 7) is 5.30. The van der Waals surface area contributed by atoms with Crippen molar-refractivity contribution in [3.8, 4) is 0 Å². The molecule has 0 saturated carbocycles. The molecular weight excluding hydrogens is 276 g/mol. The Bertz CT molecular complexity index is 493. The highest BCUT2D eigenvalue weighted by atomic mass is 35.5. The van der Waals surface area contributed by atoms with Crippen molar-refractivity contribution in [1.29, 1.82) is 0 Å². The zero-order chi connectivity index (χ0) is 14.7. The molecule has 1 fully saturated rings. The Labute approximate surface area is 124 Å². The topological polar surface area (TPSA) is 52.6 Å². The van der Waals surface area contributed by atoms with Crippen molar-refractivity contribution in [2.24, 2.45) is 5.92 Å². The SMILES string of the molecule is Cc1ccc(NC(=O)CN2CCC(C)C2CO)cc1Cl. The number of benzene rings is 1. The fraction of sp³-hybridized carbons (Fsp3) is 0.533. The van der Waals surface area contributed by atoms with E-state index in [1.54, 1.807) is 6.07 Å². The predicted molar refractivity (Wildman–Crippen MR) is 81.0 cm³/mol. The van der Waals surface area contributed by atoms with E-state index in [2.05, 4.69) is 12.2 Å².